The molecular weight excluding hydrogens is 263 g/mol. The van der Waals surface area contributed by atoms with Crippen molar-refractivity contribution in [1.82, 2.24) is 0 Å². The van der Waals surface area contributed by atoms with Gasteiger partial charge in [0, 0.05) is 32.6 Å². The van der Waals surface area contributed by atoms with E-state index in [9.17, 15) is 5.11 Å². The number of aliphatic hydroxyl groups is 1. The minimum absolute atomic E-state index is 0.0759. The Bertz CT molecular complexity index is 330. The average Bonchev–Trinajstić information content (AvgIpc) is 2.80. The largest absolute Gasteiger partial charge is 0.392 e. The minimum Gasteiger partial charge on any atom is -0.392 e. The number of allylic oxidation sites excluding steroid dienone is 2. The van der Waals surface area contributed by atoms with Gasteiger partial charge in [-0.1, -0.05) is 44.1 Å². The second kappa shape index (κ2) is 10.2. The molecule has 1 fully saturated rings. The summed E-state index contributed by atoms with van der Waals surface area (Å²) >= 11 is 0. The third kappa shape index (κ3) is 5.97. The third-order valence-electron chi connectivity index (χ3n) is 4.29. The normalized spacial score (nSPS) is 31.4. The highest BCUT2D eigenvalue weighted by Crippen LogP contribution is 2.37. The van der Waals surface area contributed by atoms with Crippen LogP contribution in [0.3, 0.4) is 0 Å². The molecule has 0 saturated heterocycles. The maximum atomic E-state index is 10.3. The standard InChI is InChI=1S/C17H29BO3/c1-4-5-6-7-8-9-14-13(10-11-17(18)21-3)15(19)12-16(14)20-2/h7-8,10-11,13-17,19H,4-6,9,12H2,1-3H3/b8-7-,11-10+/t13-,14-,15-,16+,17?/m1/s1. The number of unbranched alkanes of at least 4 members (excludes halogenated alkanes) is 2. The first-order valence-corrected chi connectivity index (χ1v) is 7.96. The molecule has 5 atom stereocenters. The third-order valence-corrected chi connectivity index (χ3v) is 4.29. The summed E-state index contributed by atoms with van der Waals surface area (Å²) in [6.45, 7) is 2.20. The molecule has 0 spiro atoms. The van der Waals surface area contributed by atoms with E-state index in [0.717, 1.165) is 12.8 Å². The van der Waals surface area contributed by atoms with Crippen molar-refractivity contribution in [2.75, 3.05) is 14.2 Å². The van der Waals surface area contributed by atoms with Crippen LogP contribution >= 0.6 is 0 Å². The van der Waals surface area contributed by atoms with Crippen molar-refractivity contribution in [3.05, 3.63) is 24.3 Å². The molecule has 0 heterocycles. The fraction of sp³-hybridized carbons (Fsp3) is 0.765. The van der Waals surface area contributed by atoms with Gasteiger partial charge in [0.2, 0.25) is 0 Å². The van der Waals surface area contributed by atoms with E-state index in [-0.39, 0.29) is 18.1 Å². The highest BCUT2D eigenvalue weighted by Gasteiger charge is 2.40. The summed E-state index contributed by atoms with van der Waals surface area (Å²) in [5.41, 5.74) is 0. The van der Waals surface area contributed by atoms with Crippen molar-refractivity contribution in [2.45, 2.75) is 57.2 Å². The Morgan fingerprint density at radius 1 is 1.33 bits per heavy atom. The van der Waals surface area contributed by atoms with Crippen LogP contribution in [0.1, 0.15) is 39.0 Å². The summed E-state index contributed by atoms with van der Waals surface area (Å²) in [7, 11) is 9.02. The predicted molar refractivity (Wildman–Crippen MR) is 87.4 cm³/mol. The van der Waals surface area contributed by atoms with Crippen LogP contribution in [-0.2, 0) is 9.47 Å². The fourth-order valence-electron chi connectivity index (χ4n) is 2.96. The molecule has 21 heavy (non-hydrogen) atoms. The Kier molecular flexibility index (Phi) is 8.97. The van der Waals surface area contributed by atoms with Gasteiger partial charge in [0.25, 0.3) is 0 Å². The maximum absolute atomic E-state index is 10.3. The predicted octanol–water partition coefficient (Wildman–Crippen LogP) is 2.83. The average molecular weight is 292 g/mol. The van der Waals surface area contributed by atoms with Gasteiger partial charge in [-0.3, -0.25) is 0 Å². The summed E-state index contributed by atoms with van der Waals surface area (Å²) in [6.07, 6.45) is 13.2. The molecule has 1 aliphatic rings. The Morgan fingerprint density at radius 3 is 2.71 bits per heavy atom. The number of hydrogen-bond donors (Lipinski definition) is 1. The van der Waals surface area contributed by atoms with Gasteiger partial charge in [-0.15, -0.1) is 0 Å². The summed E-state index contributed by atoms with van der Waals surface area (Å²) < 4.78 is 10.6. The van der Waals surface area contributed by atoms with Crippen LogP contribution < -0.4 is 0 Å². The van der Waals surface area contributed by atoms with Gasteiger partial charge in [-0.2, -0.15) is 0 Å². The lowest BCUT2D eigenvalue weighted by molar-refractivity contribution is 0.0636. The number of hydrogen-bond acceptors (Lipinski definition) is 3. The SMILES string of the molecule is [B]C(/C=C/[C@@H]1[C@@H](C/C=C\CCCC)[C@@H](OC)C[C@H]1O)OC. The minimum atomic E-state index is -0.417. The number of ether oxygens (including phenoxy) is 2. The van der Waals surface area contributed by atoms with Gasteiger partial charge >= 0.3 is 0 Å². The topological polar surface area (TPSA) is 38.7 Å². The molecule has 0 aromatic carbocycles. The molecule has 0 aliphatic heterocycles. The first-order valence-electron chi connectivity index (χ1n) is 7.96. The molecule has 3 nitrogen and oxygen atoms in total. The molecule has 0 aromatic heterocycles. The molecule has 2 radical (unpaired) electrons. The Labute approximate surface area is 130 Å². The van der Waals surface area contributed by atoms with Crippen molar-refractivity contribution >= 4 is 7.85 Å². The smallest absolute Gasteiger partial charge is 0.114 e. The van der Waals surface area contributed by atoms with Crippen molar-refractivity contribution < 1.29 is 14.6 Å². The molecule has 118 valence electrons. The van der Waals surface area contributed by atoms with E-state index >= 15 is 0 Å². The van der Waals surface area contributed by atoms with E-state index in [1.165, 1.54) is 12.8 Å². The van der Waals surface area contributed by atoms with Gasteiger partial charge in [-0.05, 0) is 18.8 Å². The second-order valence-corrected chi connectivity index (χ2v) is 5.75. The van der Waals surface area contributed by atoms with Crippen LogP contribution in [0.2, 0.25) is 0 Å². The first kappa shape index (κ1) is 18.5. The van der Waals surface area contributed by atoms with Crippen LogP contribution in [0.15, 0.2) is 24.3 Å². The van der Waals surface area contributed by atoms with Gasteiger partial charge < -0.3 is 14.6 Å². The highest BCUT2D eigenvalue weighted by molar-refractivity contribution is 6.12. The molecule has 0 bridgehead atoms. The van der Waals surface area contributed by atoms with Gasteiger partial charge in [0.05, 0.1) is 12.2 Å². The highest BCUT2D eigenvalue weighted by atomic mass is 16.5. The van der Waals surface area contributed by atoms with Crippen LogP contribution in [0.25, 0.3) is 0 Å². The van der Waals surface area contributed by atoms with E-state index in [4.69, 9.17) is 17.3 Å². The van der Waals surface area contributed by atoms with Crippen LogP contribution in [-0.4, -0.2) is 45.4 Å². The van der Waals surface area contributed by atoms with E-state index < -0.39 is 6.00 Å². The van der Waals surface area contributed by atoms with Crippen LogP contribution in [0.5, 0.6) is 0 Å². The molecule has 4 heteroatoms. The fourth-order valence-corrected chi connectivity index (χ4v) is 2.96. The number of rotatable bonds is 9. The molecule has 0 aromatic rings. The molecule has 1 aliphatic carbocycles. The quantitative estimate of drug-likeness (QED) is 0.403. The Balaban J connectivity index is 2.63. The van der Waals surface area contributed by atoms with Crippen molar-refractivity contribution in [2.24, 2.45) is 11.8 Å². The molecule has 1 rings (SSSR count). The lowest BCUT2D eigenvalue weighted by Crippen LogP contribution is -2.21. The van der Waals surface area contributed by atoms with Crippen molar-refractivity contribution in [3.63, 3.8) is 0 Å². The van der Waals surface area contributed by atoms with Gasteiger partial charge in [0.15, 0.2) is 0 Å². The van der Waals surface area contributed by atoms with E-state index in [2.05, 4.69) is 19.1 Å². The van der Waals surface area contributed by atoms with Crippen LogP contribution in [0.4, 0.5) is 0 Å². The summed E-state index contributed by atoms with van der Waals surface area (Å²) in [4.78, 5) is 0. The number of aliphatic hydroxyl groups excluding tert-OH is 1. The zero-order valence-corrected chi connectivity index (χ0v) is 13.6. The number of methoxy groups -OCH3 is 2. The van der Waals surface area contributed by atoms with E-state index in [0.29, 0.717) is 12.3 Å². The lowest BCUT2D eigenvalue weighted by atomic mass is 9.88. The summed E-state index contributed by atoms with van der Waals surface area (Å²) in [5, 5.41) is 10.3. The summed E-state index contributed by atoms with van der Waals surface area (Å²) in [6, 6.07) is -0.417. The molecule has 1 N–H and O–H groups in total. The summed E-state index contributed by atoms with van der Waals surface area (Å²) in [5.74, 6) is 0.371. The van der Waals surface area contributed by atoms with E-state index in [1.807, 2.05) is 12.2 Å². The van der Waals surface area contributed by atoms with Crippen molar-refractivity contribution in [1.29, 1.82) is 0 Å². The molecular formula is C17H29BO3. The van der Waals surface area contributed by atoms with E-state index in [1.54, 1.807) is 14.2 Å². The van der Waals surface area contributed by atoms with Crippen molar-refractivity contribution in [3.8, 4) is 0 Å². The van der Waals surface area contributed by atoms with Gasteiger partial charge in [-0.25, -0.2) is 0 Å². The van der Waals surface area contributed by atoms with Crippen LogP contribution in [0, 0.1) is 11.8 Å². The van der Waals surface area contributed by atoms with Gasteiger partial charge in [0.1, 0.15) is 7.85 Å². The lowest BCUT2D eigenvalue weighted by Gasteiger charge is -2.21. The second-order valence-electron chi connectivity index (χ2n) is 5.75. The molecule has 1 unspecified atom stereocenters. The molecule has 1 saturated carbocycles. The Hall–Kier alpha value is -0.575. The Morgan fingerprint density at radius 2 is 2.10 bits per heavy atom. The molecule has 0 amide bonds. The maximum Gasteiger partial charge on any atom is 0.114 e. The zero-order valence-electron chi connectivity index (χ0n) is 13.6. The zero-order chi connectivity index (χ0) is 15.7. The monoisotopic (exact) mass is 292 g/mol. The first-order chi connectivity index (χ1) is 10.1.